The highest BCUT2D eigenvalue weighted by atomic mass is 32.1. The van der Waals surface area contributed by atoms with E-state index >= 15 is 0 Å². The van der Waals surface area contributed by atoms with Crippen molar-refractivity contribution in [3.63, 3.8) is 0 Å². The van der Waals surface area contributed by atoms with Crippen LogP contribution in [0.25, 0.3) is 0 Å². The fourth-order valence-corrected chi connectivity index (χ4v) is 0.112. The average molecular weight is 120 g/mol. The van der Waals surface area contributed by atoms with Crippen molar-refractivity contribution in [3.8, 4) is 0 Å². The highest BCUT2D eigenvalue weighted by Crippen LogP contribution is 2.15. The van der Waals surface area contributed by atoms with Gasteiger partial charge in [-0.05, 0) is 13.3 Å². The third kappa shape index (κ3) is 2.94. The van der Waals surface area contributed by atoms with Gasteiger partial charge in [0.1, 0.15) is 0 Å². The summed E-state index contributed by atoms with van der Waals surface area (Å²) in [6.07, 6.45) is 0.909. The summed E-state index contributed by atoms with van der Waals surface area (Å²) < 4.78 is -0.167. The lowest BCUT2D eigenvalue weighted by molar-refractivity contribution is 0.254. The minimum atomic E-state index is -0.167. The second kappa shape index (κ2) is 2.58. The number of rotatable bonds is 2. The molecule has 0 aromatic heterocycles. The van der Waals surface area contributed by atoms with Crippen molar-refractivity contribution in [1.82, 2.24) is 0 Å². The zero-order valence-electron chi connectivity index (χ0n) is 4.81. The van der Waals surface area contributed by atoms with E-state index in [0.717, 1.165) is 6.42 Å². The van der Waals surface area contributed by atoms with Crippen LogP contribution in [0.5, 0.6) is 0 Å². The maximum atomic E-state index is 8.52. The molecule has 0 aliphatic heterocycles. The van der Waals surface area contributed by atoms with Gasteiger partial charge in [0.2, 0.25) is 0 Å². The molecule has 0 aromatic rings. The van der Waals surface area contributed by atoms with Gasteiger partial charge in [-0.15, -0.1) is 0 Å². The summed E-state index contributed by atoms with van der Waals surface area (Å²) in [5.41, 5.74) is 0. The predicted molar refractivity (Wildman–Crippen MR) is 34.8 cm³/mol. The Morgan fingerprint density at radius 2 is 2.14 bits per heavy atom. The first-order chi connectivity index (χ1) is 3.12. The van der Waals surface area contributed by atoms with Gasteiger partial charge in [0.05, 0.1) is 6.61 Å². The van der Waals surface area contributed by atoms with Crippen LogP contribution in [0.3, 0.4) is 0 Å². The molecule has 0 saturated carbocycles. The topological polar surface area (TPSA) is 20.2 Å². The summed E-state index contributed by atoms with van der Waals surface area (Å²) in [7, 11) is 0. The molecule has 0 bridgehead atoms. The molecule has 1 atom stereocenters. The zero-order valence-corrected chi connectivity index (χ0v) is 5.70. The largest absolute Gasteiger partial charge is 0.395 e. The molecule has 0 saturated heterocycles. The Morgan fingerprint density at radius 1 is 1.71 bits per heavy atom. The summed E-state index contributed by atoms with van der Waals surface area (Å²) in [5, 5.41) is 8.52. The number of hydrogen-bond donors (Lipinski definition) is 2. The van der Waals surface area contributed by atoms with Gasteiger partial charge in [0, 0.05) is 4.75 Å². The predicted octanol–water partition coefficient (Wildman–Crippen LogP) is 1.08. The van der Waals surface area contributed by atoms with E-state index in [1.165, 1.54) is 0 Å². The SMILES string of the molecule is CCC(C)(S)CO. The van der Waals surface area contributed by atoms with Gasteiger partial charge in [0.25, 0.3) is 0 Å². The van der Waals surface area contributed by atoms with Crippen LogP contribution in [-0.4, -0.2) is 16.5 Å². The summed E-state index contributed by atoms with van der Waals surface area (Å²) in [6, 6.07) is 0. The second-order valence-corrected chi connectivity index (χ2v) is 3.09. The van der Waals surface area contributed by atoms with E-state index in [-0.39, 0.29) is 11.4 Å². The molecule has 0 radical (unpaired) electrons. The van der Waals surface area contributed by atoms with Gasteiger partial charge < -0.3 is 5.11 Å². The van der Waals surface area contributed by atoms with Gasteiger partial charge in [-0.25, -0.2) is 0 Å². The first-order valence-electron chi connectivity index (χ1n) is 2.45. The minimum absolute atomic E-state index is 0.159. The molecule has 1 unspecified atom stereocenters. The van der Waals surface area contributed by atoms with Crippen molar-refractivity contribution in [2.75, 3.05) is 6.61 Å². The molecule has 7 heavy (non-hydrogen) atoms. The van der Waals surface area contributed by atoms with Crippen molar-refractivity contribution in [3.05, 3.63) is 0 Å². The Hall–Kier alpha value is 0.310. The van der Waals surface area contributed by atoms with E-state index in [0.29, 0.717) is 0 Å². The third-order valence-corrected chi connectivity index (χ3v) is 1.56. The Kier molecular flexibility index (Phi) is 2.69. The third-order valence-electron chi connectivity index (χ3n) is 1.10. The molecule has 2 heteroatoms. The first-order valence-corrected chi connectivity index (χ1v) is 2.90. The zero-order chi connectivity index (χ0) is 5.91. The van der Waals surface area contributed by atoms with Crippen LogP contribution in [0.15, 0.2) is 0 Å². The summed E-state index contributed by atoms with van der Waals surface area (Å²) >= 11 is 4.14. The first kappa shape index (κ1) is 7.31. The maximum absolute atomic E-state index is 8.52. The van der Waals surface area contributed by atoms with Crippen LogP contribution in [0, 0.1) is 0 Å². The second-order valence-electron chi connectivity index (χ2n) is 2.01. The van der Waals surface area contributed by atoms with Gasteiger partial charge in [-0.1, -0.05) is 6.92 Å². The molecule has 44 valence electrons. The fourth-order valence-electron chi connectivity index (χ4n) is 0.112. The lowest BCUT2D eigenvalue weighted by atomic mass is 10.1. The van der Waals surface area contributed by atoms with Crippen LogP contribution >= 0.6 is 12.6 Å². The monoisotopic (exact) mass is 120 g/mol. The maximum Gasteiger partial charge on any atom is 0.0572 e. The normalized spacial score (nSPS) is 18.9. The lowest BCUT2D eigenvalue weighted by Gasteiger charge is -2.16. The Balaban J connectivity index is 3.36. The highest BCUT2D eigenvalue weighted by Gasteiger charge is 2.12. The van der Waals surface area contributed by atoms with E-state index in [9.17, 15) is 0 Å². The van der Waals surface area contributed by atoms with Crippen molar-refractivity contribution in [2.45, 2.75) is 25.0 Å². The lowest BCUT2D eigenvalue weighted by Crippen LogP contribution is -2.19. The van der Waals surface area contributed by atoms with Crippen molar-refractivity contribution >= 4 is 12.6 Å². The molecular weight excluding hydrogens is 108 g/mol. The quantitative estimate of drug-likeness (QED) is 0.522. The molecule has 0 rings (SSSR count). The number of thiol groups is 1. The van der Waals surface area contributed by atoms with E-state index < -0.39 is 0 Å². The minimum Gasteiger partial charge on any atom is -0.395 e. The molecule has 0 aliphatic rings. The Bertz CT molecular complexity index is 46.0. The van der Waals surface area contributed by atoms with E-state index in [4.69, 9.17) is 5.11 Å². The summed E-state index contributed by atoms with van der Waals surface area (Å²) in [5.74, 6) is 0. The molecule has 0 heterocycles. The molecule has 1 N–H and O–H groups in total. The van der Waals surface area contributed by atoms with Crippen LogP contribution in [-0.2, 0) is 0 Å². The molecule has 0 fully saturated rings. The molecule has 0 amide bonds. The van der Waals surface area contributed by atoms with Gasteiger partial charge >= 0.3 is 0 Å². The van der Waals surface area contributed by atoms with Crippen molar-refractivity contribution < 1.29 is 5.11 Å². The molecular formula is C5H12OS. The van der Waals surface area contributed by atoms with Crippen molar-refractivity contribution in [2.24, 2.45) is 0 Å². The Morgan fingerprint density at radius 3 is 2.14 bits per heavy atom. The van der Waals surface area contributed by atoms with Crippen LogP contribution in [0.1, 0.15) is 20.3 Å². The van der Waals surface area contributed by atoms with E-state index in [1.807, 2.05) is 13.8 Å². The standard InChI is InChI=1S/C5H12OS/c1-3-5(2,7)4-6/h6-7H,3-4H2,1-2H3. The van der Waals surface area contributed by atoms with Crippen LogP contribution in [0.4, 0.5) is 0 Å². The summed E-state index contributed by atoms with van der Waals surface area (Å²) in [6.45, 7) is 4.08. The molecule has 0 aliphatic carbocycles. The number of aliphatic hydroxyl groups excluding tert-OH is 1. The van der Waals surface area contributed by atoms with Crippen LogP contribution < -0.4 is 0 Å². The average Bonchev–Trinajstić information content (AvgIpc) is 1.68. The molecule has 0 aromatic carbocycles. The van der Waals surface area contributed by atoms with E-state index in [1.54, 1.807) is 0 Å². The van der Waals surface area contributed by atoms with Crippen molar-refractivity contribution in [1.29, 1.82) is 0 Å². The van der Waals surface area contributed by atoms with Gasteiger partial charge in [-0.3, -0.25) is 0 Å². The number of aliphatic hydroxyl groups is 1. The Labute approximate surface area is 50.1 Å². The van der Waals surface area contributed by atoms with Gasteiger partial charge in [0.15, 0.2) is 0 Å². The molecule has 0 spiro atoms. The summed E-state index contributed by atoms with van der Waals surface area (Å²) in [4.78, 5) is 0. The van der Waals surface area contributed by atoms with Crippen LogP contribution in [0.2, 0.25) is 0 Å². The molecule has 1 nitrogen and oxygen atoms in total. The highest BCUT2D eigenvalue weighted by molar-refractivity contribution is 7.81. The fraction of sp³-hybridized carbons (Fsp3) is 1.00. The number of hydrogen-bond acceptors (Lipinski definition) is 2. The van der Waals surface area contributed by atoms with Gasteiger partial charge in [-0.2, -0.15) is 12.6 Å². The smallest absolute Gasteiger partial charge is 0.0572 e. The van der Waals surface area contributed by atoms with E-state index in [2.05, 4.69) is 12.6 Å².